The molecule has 0 amide bonds. The number of likely N-dealkylation sites (N-methyl/N-ethyl adjacent to an activating group) is 1. The molecule has 0 aliphatic carbocycles. The van der Waals surface area contributed by atoms with Crippen molar-refractivity contribution in [3.05, 3.63) is 24.3 Å². The van der Waals surface area contributed by atoms with Crippen LogP contribution in [0.1, 0.15) is 95.9 Å². The molecule has 0 aromatic rings. The van der Waals surface area contributed by atoms with Gasteiger partial charge in [0.1, 0.15) is 0 Å². The van der Waals surface area contributed by atoms with Gasteiger partial charge in [0.15, 0.2) is 0 Å². The van der Waals surface area contributed by atoms with Gasteiger partial charge in [0.25, 0.3) is 0 Å². The van der Waals surface area contributed by atoms with Crippen LogP contribution in [0.15, 0.2) is 24.3 Å². The Morgan fingerprint density at radius 1 is 0.577 bits per heavy atom. The lowest BCUT2D eigenvalue weighted by molar-refractivity contribution is 0.211. The lowest BCUT2D eigenvalue weighted by atomic mass is 9.71. The van der Waals surface area contributed by atoms with Crippen molar-refractivity contribution in [1.29, 1.82) is 0 Å². The lowest BCUT2D eigenvalue weighted by Gasteiger charge is -2.36. The van der Waals surface area contributed by atoms with E-state index < -0.39 is 0 Å². The number of rotatable bonds is 9. The predicted molar refractivity (Wildman–Crippen MR) is 121 cm³/mol. The van der Waals surface area contributed by atoms with Crippen molar-refractivity contribution >= 4 is 0 Å². The Balaban J connectivity index is 5.14. The van der Waals surface area contributed by atoms with Crippen LogP contribution in [0.2, 0.25) is 0 Å². The van der Waals surface area contributed by atoms with Gasteiger partial charge in [-0.1, -0.05) is 93.5 Å². The van der Waals surface area contributed by atoms with Gasteiger partial charge < -0.3 is 0 Å². The van der Waals surface area contributed by atoms with Crippen molar-refractivity contribution in [1.82, 2.24) is 4.90 Å². The van der Waals surface area contributed by atoms with Crippen LogP contribution in [0.5, 0.6) is 0 Å². The van der Waals surface area contributed by atoms with Gasteiger partial charge in [-0.15, -0.1) is 0 Å². The highest BCUT2D eigenvalue weighted by molar-refractivity contribution is 5.10. The Kier molecular flexibility index (Phi) is 8.45. The van der Waals surface area contributed by atoms with Crippen LogP contribution < -0.4 is 0 Å². The molecule has 0 unspecified atom stereocenters. The molecule has 0 aromatic carbocycles. The lowest BCUT2D eigenvalue weighted by Crippen LogP contribution is -2.39. The first-order valence-corrected chi connectivity index (χ1v) is 10.4. The minimum absolute atomic E-state index is 0.0979. The zero-order valence-corrected chi connectivity index (χ0v) is 20.4. The number of allylic oxidation sites excluding steroid dienone is 3. The van der Waals surface area contributed by atoms with Gasteiger partial charge in [-0.05, 0) is 61.9 Å². The third-order valence-corrected chi connectivity index (χ3v) is 5.28. The molecule has 0 fully saturated rings. The Morgan fingerprint density at radius 3 is 1.27 bits per heavy atom. The van der Waals surface area contributed by atoms with Crippen molar-refractivity contribution in [2.45, 2.75) is 101 Å². The summed E-state index contributed by atoms with van der Waals surface area (Å²) in [7, 11) is 2.20. The molecule has 0 radical (unpaired) electrons. The first-order valence-electron chi connectivity index (χ1n) is 10.4. The standard InChI is InChI=1S/C25H49N/c1-14-26(13)25(11,12)18-17-24(9,10)20-23(7,8)16-15-22(5,6)19-21(2,3)4/h15-18H,14,19-20H2,1-13H3/b16-15-,18-17-. The smallest absolute Gasteiger partial charge is 0.0331 e. The van der Waals surface area contributed by atoms with Crippen LogP contribution in [-0.2, 0) is 0 Å². The summed E-state index contributed by atoms with van der Waals surface area (Å²) in [5.74, 6) is 0. The van der Waals surface area contributed by atoms with E-state index in [9.17, 15) is 0 Å². The molecule has 0 rings (SSSR count). The molecule has 0 saturated carbocycles. The summed E-state index contributed by atoms with van der Waals surface area (Å²) in [5.41, 5.74) is 1.05. The normalized spacial score (nSPS) is 15.6. The van der Waals surface area contributed by atoms with Gasteiger partial charge in [-0.2, -0.15) is 0 Å². The van der Waals surface area contributed by atoms with Crippen molar-refractivity contribution in [3.63, 3.8) is 0 Å². The van der Waals surface area contributed by atoms with E-state index in [1.807, 2.05) is 0 Å². The van der Waals surface area contributed by atoms with E-state index >= 15 is 0 Å². The average molecular weight is 364 g/mol. The fraction of sp³-hybridized carbons (Fsp3) is 0.840. The summed E-state index contributed by atoms with van der Waals surface area (Å²) in [6, 6.07) is 0. The molecule has 1 nitrogen and oxygen atoms in total. The molecule has 0 N–H and O–H groups in total. The topological polar surface area (TPSA) is 3.24 Å². The fourth-order valence-electron chi connectivity index (χ4n) is 4.13. The Hall–Kier alpha value is -0.560. The van der Waals surface area contributed by atoms with E-state index in [0.717, 1.165) is 13.0 Å². The van der Waals surface area contributed by atoms with Crippen LogP contribution in [0.3, 0.4) is 0 Å². The molecule has 0 aliphatic heterocycles. The van der Waals surface area contributed by atoms with Crippen LogP contribution in [0.4, 0.5) is 0 Å². The minimum atomic E-state index is 0.0979. The Bertz CT molecular complexity index is 481. The average Bonchev–Trinajstić information content (AvgIpc) is 2.39. The van der Waals surface area contributed by atoms with Crippen LogP contribution in [-0.4, -0.2) is 24.0 Å². The van der Waals surface area contributed by atoms with Crippen molar-refractivity contribution in [2.24, 2.45) is 21.7 Å². The van der Waals surface area contributed by atoms with Crippen molar-refractivity contribution in [3.8, 4) is 0 Å². The highest BCUT2D eigenvalue weighted by atomic mass is 15.1. The molecule has 0 aliphatic rings. The first-order chi connectivity index (χ1) is 11.3. The molecular formula is C25H49N. The third-order valence-electron chi connectivity index (χ3n) is 5.28. The monoisotopic (exact) mass is 363 g/mol. The second-order valence-electron chi connectivity index (χ2n) is 12.2. The van der Waals surface area contributed by atoms with Gasteiger partial charge in [0.2, 0.25) is 0 Å². The van der Waals surface area contributed by atoms with Gasteiger partial charge in [-0.25, -0.2) is 0 Å². The Morgan fingerprint density at radius 2 is 0.923 bits per heavy atom. The molecular weight excluding hydrogens is 314 g/mol. The highest BCUT2D eigenvalue weighted by Gasteiger charge is 2.28. The second-order valence-corrected chi connectivity index (χ2v) is 12.2. The predicted octanol–water partition coefficient (Wildman–Crippen LogP) is 7.73. The van der Waals surface area contributed by atoms with Gasteiger partial charge >= 0.3 is 0 Å². The summed E-state index contributed by atoms with van der Waals surface area (Å²) in [4.78, 5) is 2.39. The summed E-state index contributed by atoms with van der Waals surface area (Å²) in [6.45, 7) is 29.0. The van der Waals surface area contributed by atoms with Gasteiger partial charge in [-0.3, -0.25) is 4.90 Å². The van der Waals surface area contributed by atoms with Crippen LogP contribution >= 0.6 is 0 Å². The van der Waals surface area contributed by atoms with E-state index in [0.29, 0.717) is 5.41 Å². The summed E-state index contributed by atoms with van der Waals surface area (Å²) in [6.07, 6.45) is 12.1. The zero-order chi connectivity index (χ0) is 21.0. The SMILES string of the molecule is CCN(C)C(C)(C)/C=C\C(C)(C)CC(C)(C)/C=C\C(C)(C)CC(C)(C)C. The number of hydrogen-bond donors (Lipinski definition) is 0. The van der Waals surface area contributed by atoms with Gasteiger partial charge in [0, 0.05) is 5.54 Å². The van der Waals surface area contributed by atoms with E-state index in [4.69, 9.17) is 0 Å². The fourth-order valence-corrected chi connectivity index (χ4v) is 4.13. The van der Waals surface area contributed by atoms with Crippen molar-refractivity contribution < 1.29 is 0 Å². The largest absolute Gasteiger partial charge is 0.298 e. The maximum absolute atomic E-state index is 2.46. The molecule has 26 heavy (non-hydrogen) atoms. The molecule has 154 valence electrons. The maximum Gasteiger partial charge on any atom is 0.0331 e. The first kappa shape index (κ1) is 25.4. The van der Waals surface area contributed by atoms with E-state index in [1.54, 1.807) is 0 Å². The van der Waals surface area contributed by atoms with Crippen LogP contribution in [0, 0.1) is 21.7 Å². The van der Waals surface area contributed by atoms with E-state index in [2.05, 4.69) is 119 Å². The summed E-state index contributed by atoms with van der Waals surface area (Å²) >= 11 is 0. The molecule has 0 spiro atoms. The molecule has 0 aromatic heterocycles. The molecule has 0 atom stereocenters. The van der Waals surface area contributed by atoms with Crippen molar-refractivity contribution in [2.75, 3.05) is 13.6 Å². The quantitative estimate of drug-likeness (QED) is 0.379. The van der Waals surface area contributed by atoms with E-state index in [-0.39, 0.29) is 21.8 Å². The molecule has 0 saturated heterocycles. The molecule has 1 heteroatoms. The number of nitrogens with zero attached hydrogens (tertiary/aromatic N) is 1. The summed E-state index contributed by atoms with van der Waals surface area (Å²) < 4.78 is 0. The molecule has 0 heterocycles. The maximum atomic E-state index is 2.46. The second kappa shape index (κ2) is 8.63. The molecule has 0 bridgehead atoms. The number of hydrogen-bond acceptors (Lipinski definition) is 1. The zero-order valence-electron chi connectivity index (χ0n) is 20.4. The third kappa shape index (κ3) is 10.6. The van der Waals surface area contributed by atoms with Gasteiger partial charge in [0.05, 0.1) is 0 Å². The van der Waals surface area contributed by atoms with E-state index in [1.165, 1.54) is 6.42 Å². The minimum Gasteiger partial charge on any atom is -0.298 e. The Labute approximate surface area is 166 Å². The summed E-state index contributed by atoms with van der Waals surface area (Å²) in [5, 5.41) is 0. The van der Waals surface area contributed by atoms with Crippen LogP contribution in [0.25, 0.3) is 0 Å². The highest BCUT2D eigenvalue weighted by Crippen LogP contribution is 2.39.